The number of allylic oxidation sites excluding steroid dienone is 13. The fourth-order valence-corrected chi connectivity index (χ4v) is 4.54. The Morgan fingerprint density at radius 2 is 1.70 bits per heavy atom. The van der Waals surface area contributed by atoms with E-state index in [1.807, 2.05) is 73.0 Å². The molecule has 202 valence electrons. The zero-order chi connectivity index (χ0) is 28.7. The number of alkyl halides is 2. The SMILES string of the molecule is C=C1C=CC(C2=CCC(CC=NCc3ccccc3-c3ccccc3C(=O)C(C)=O)=CC=C2)=CC(C(C)(F)F)=C1. The van der Waals surface area contributed by atoms with Crippen LogP contribution in [0.2, 0.25) is 0 Å². The van der Waals surface area contributed by atoms with Gasteiger partial charge in [0, 0.05) is 37.6 Å². The van der Waals surface area contributed by atoms with E-state index in [0.717, 1.165) is 29.2 Å². The second-order valence-corrected chi connectivity index (χ2v) is 9.86. The molecule has 0 aromatic heterocycles. The first-order valence-corrected chi connectivity index (χ1v) is 13.1. The van der Waals surface area contributed by atoms with Crippen LogP contribution < -0.4 is 0 Å². The maximum atomic E-state index is 14.1. The minimum Gasteiger partial charge on any atom is -0.292 e. The summed E-state index contributed by atoms with van der Waals surface area (Å²) in [5.41, 5.74) is 6.11. The zero-order valence-electron chi connectivity index (χ0n) is 22.7. The van der Waals surface area contributed by atoms with E-state index in [9.17, 15) is 18.4 Å². The Morgan fingerprint density at radius 3 is 2.45 bits per heavy atom. The van der Waals surface area contributed by atoms with Crippen molar-refractivity contribution in [3.63, 3.8) is 0 Å². The van der Waals surface area contributed by atoms with Crippen molar-refractivity contribution in [3.05, 3.63) is 143 Å². The molecule has 0 N–H and O–H groups in total. The lowest BCUT2D eigenvalue weighted by Gasteiger charge is -2.12. The fraction of sp³-hybridized carbons (Fsp3) is 0.171. The van der Waals surface area contributed by atoms with Crippen LogP contribution in [0.4, 0.5) is 8.78 Å². The Bertz CT molecular complexity index is 1560. The second-order valence-electron chi connectivity index (χ2n) is 9.86. The molecule has 2 aliphatic rings. The standard InChI is InChI=1S/C35H31F2NO2/c1-24-15-17-28(22-30(21-24)35(3,36)37)27-11-8-9-26(16-18-27)19-20-38-23-29-10-4-5-12-31(29)32-13-6-7-14-33(32)34(40)25(2)39/h4-15,17-18,20-22H,1,16,19,23H2,2-3H3. The largest absolute Gasteiger partial charge is 0.292 e. The lowest BCUT2D eigenvalue weighted by Crippen LogP contribution is -2.12. The maximum absolute atomic E-state index is 14.1. The normalized spacial score (nSPS) is 15.7. The second kappa shape index (κ2) is 12.6. The van der Waals surface area contributed by atoms with Crippen molar-refractivity contribution >= 4 is 17.8 Å². The summed E-state index contributed by atoms with van der Waals surface area (Å²) < 4.78 is 28.2. The molecule has 2 aromatic carbocycles. The first-order chi connectivity index (χ1) is 19.1. The minimum absolute atomic E-state index is 0.0649. The van der Waals surface area contributed by atoms with Crippen molar-refractivity contribution in [2.45, 2.75) is 39.2 Å². The summed E-state index contributed by atoms with van der Waals surface area (Å²) in [6.07, 6.45) is 17.6. The summed E-state index contributed by atoms with van der Waals surface area (Å²) in [7, 11) is 0. The molecule has 2 aliphatic carbocycles. The van der Waals surface area contributed by atoms with Gasteiger partial charge in [-0.3, -0.25) is 14.6 Å². The molecule has 3 nitrogen and oxygen atoms in total. The number of Topliss-reactive ketones (excluding diaryl/α,β-unsaturated/α-hetero) is 2. The van der Waals surface area contributed by atoms with Crippen molar-refractivity contribution < 1.29 is 18.4 Å². The molecule has 2 aromatic rings. The number of aliphatic imine (C=N–C) groups is 1. The lowest BCUT2D eigenvalue weighted by atomic mass is 9.92. The number of hydrogen-bond donors (Lipinski definition) is 0. The maximum Gasteiger partial charge on any atom is 0.270 e. The summed E-state index contributed by atoms with van der Waals surface area (Å²) in [4.78, 5) is 28.9. The van der Waals surface area contributed by atoms with E-state index in [2.05, 4.69) is 11.6 Å². The topological polar surface area (TPSA) is 46.5 Å². The van der Waals surface area contributed by atoms with E-state index in [4.69, 9.17) is 0 Å². The Hall–Kier alpha value is -4.51. The van der Waals surface area contributed by atoms with Crippen molar-refractivity contribution in [2.24, 2.45) is 4.99 Å². The summed E-state index contributed by atoms with van der Waals surface area (Å²) in [6, 6.07) is 14.9. The molecule has 5 heteroatoms. The third kappa shape index (κ3) is 7.11. The molecule has 0 heterocycles. The molecular weight excluding hydrogens is 504 g/mol. The van der Waals surface area contributed by atoms with Crippen LogP contribution in [-0.2, 0) is 11.3 Å². The van der Waals surface area contributed by atoms with Gasteiger partial charge in [0.25, 0.3) is 5.92 Å². The zero-order valence-corrected chi connectivity index (χ0v) is 22.7. The highest BCUT2D eigenvalue weighted by Crippen LogP contribution is 2.32. The molecule has 0 radical (unpaired) electrons. The molecule has 4 rings (SSSR count). The fourth-order valence-electron chi connectivity index (χ4n) is 4.54. The average Bonchev–Trinajstić information content (AvgIpc) is 3.29. The highest BCUT2D eigenvalue weighted by Gasteiger charge is 2.27. The monoisotopic (exact) mass is 535 g/mol. The molecule has 0 fully saturated rings. The molecule has 40 heavy (non-hydrogen) atoms. The van der Waals surface area contributed by atoms with Crippen LogP contribution in [0.3, 0.4) is 0 Å². The molecular formula is C35H31F2NO2. The number of rotatable bonds is 9. The first kappa shape index (κ1) is 28.5. The predicted molar refractivity (Wildman–Crippen MR) is 159 cm³/mol. The molecule has 0 saturated carbocycles. The van der Waals surface area contributed by atoms with Crippen molar-refractivity contribution in [2.75, 3.05) is 0 Å². The predicted octanol–water partition coefficient (Wildman–Crippen LogP) is 8.53. The number of benzene rings is 2. The highest BCUT2D eigenvalue weighted by atomic mass is 19.3. The van der Waals surface area contributed by atoms with Crippen molar-refractivity contribution in [3.8, 4) is 11.1 Å². The smallest absolute Gasteiger partial charge is 0.270 e. The van der Waals surface area contributed by atoms with E-state index in [-0.39, 0.29) is 5.57 Å². The van der Waals surface area contributed by atoms with Crippen LogP contribution in [0, 0.1) is 0 Å². The Balaban J connectivity index is 1.45. The number of nitrogens with zero attached hydrogens (tertiary/aromatic N) is 1. The van der Waals surface area contributed by atoms with Gasteiger partial charge in [-0.15, -0.1) is 0 Å². The Morgan fingerprint density at radius 1 is 0.975 bits per heavy atom. The van der Waals surface area contributed by atoms with Gasteiger partial charge in [-0.25, -0.2) is 8.78 Å². The molecule has 0 saturated heterocycles. The van der Waals surface area contributed by atoms with E-state index >= 15 is 0 Å². The number of ketones is 2. The molecule has 0 aliphatic heterocycles. The van der Waals surface area contributed by atoms with E-state index in [1.54, 1.807) is 18.2 Å². The van der Waals surface area contributed by atoms with Crippen molar-refractivity contribution in [1.82, 2.24) is 0 Å². The number of halogens is 2. The van der Waals surface area contributed by atoms with Crippen LogP contribution in [0.15, 0.2) is 137 Å². The van der Waals surface area contributed by atoms with Crippen LogP contribution in [0.25, 0.3) is 11.1 Å². The van der Waals surface area contributed by atoms with Crippen LogP contribution in [0.1, 0.15) is 42.6 Å². The Labute approximate surface area is 234 Å². The third-order valence-electron chi connectivity index (χ3n) is 6.70. The summed E-state index contributed by atoms with van der Waals surface area (Å²) in [5.74, 6) is -3.97. The van der Waals surface area contributed by atoms with Crippen LogP contribution in [0.5, 0.6) is 0 Å². The van der Waals surface area contributed by atoms with Gasteiger partial charge >= 0.3 is 0 Å². The van der Waals surface area contributed by atoms with Gasteiger partial charge in [0.05, 0.1) is 6.54 Å². The number of hydrogen-bond acceptors (Lipinski definition) is 3. The van der Waals surface area contributed by atoms with Gasteiger partial charge in [-0.1, -0.05) is 97.1 Å². The molecule has 0 spiro atoms. The minimum atomic E-state index is -2.96. The van der Waals surface area contributed by atoms with Gasteiger partial charge in [0.1, 0.15) is 0 Å². The van der Waals surface area contributed by atoms with E-state index in [0.29, 0.717) is 41.7 Å². The van der Waals surface area contributed by atoms with Crippen LogP contribution >= 0.6 is 0 Å². The highest BCUT2D eigenvalue weighted by molar-refractivity contribution is 6.44. The van der Waals surface area contributed by atoms with Gasteiger partial charge in [0.15, 0.2) is 5.78 Å². The van der Waals surface area contributed by atoms with Gasteiger partial charge in [0.2, 0.25) is 5.78 Å². The third-order valence-corrected chi connectivity index (χ3v) is 6.70. The summed E-state index contributed by atoms with van der Waals surface area (Å²) in [5, 5.41) is 0. The van der Waals surface area contributed by atoms with Gasteiger partial charge in [-0.05, 0) is 52.0 Å². The van der Waals surface area contributed by atoms with Crippen LogP contribution in [-0.4, -0.2) is 23.7 Å². The molecule has 0 bridgehead atoms. The summed E-state index contributed by atoms with van der Waals surface area (Å²) >= 11 is 0. The lowest BCUT2D eigenvalue weighted by molar-refractivity contribution is -0.113. The average molecular weight is 536 g/mol. The van der Waals surface area contributed by atoms with Gasteiger partial charge in [-0.2, -0.15) is 0 Å². The van der Waals surface area contributed by atoms with E-state index in [1.165, 1.54) is 19.1 Å². The molecule has 0 unspecified atom stereocenters. The summed E-state index contributed by atoms with van der Waals surface area (Å²) in [6.45, 7) is 6.43. The number of carbonyl (C=O) groups is 2. The Kier molecular flexibility index (Phi) is 8.95. The molecule has 0 atom stereocenters. The molecule has 0 amide bonds. The van der Waals surface area contributed by atoms with Crippen molar-refractivity contribution in [1.29, 1.82) is 0 Å². The quantitative estimate of drug-likeness (QED) is 0.184. The van der Waals surface area contributed by atoms with Gasteiger partial charge < -0.3 is 0 Å². The first-order valence-electron chi connectivity index (χ1n) is 13.1. The number of carbonyl (C=O) groups excluding carboxylic acids is 2. The van der Waals surface area contributed by atoms with E-state index < -0.39 is 17.5 Å².